The molecule has 0 atom stereocenters. The Labute approximate surface area is 115 Å². The average molecular weight is 238 g/mol. The lowest BCUT2D eigenvalue weighted by Gasteiger charge is -2.25. The fourth-order valence-corrected chi connectivity index (χ4v) is 3.29. The molecule has 0 heterocycles. The van der Waals surface area contributed by atoms with Crippen LogP contribution in [0.15, 0.2) is 0 Å². The van der Waals surface area contributed by atoms with Crippen molar-refractivity contribution in [3.63, 3.8) is 0 Å². The van der Waals surface area contributed by atoms with Gasteiger partial charge in [0.2, 0.25) is 0 Å². The maximum atomic E-state index is 5.99. The Morgan fingerprint density at radius 1 is 0.500 bits per heavy atom. The van der Waals surface area contributed by atoms with Gasteiger partial charge in [0.15, 0.2) is 0 Å². The van der Waals surface area contributed by atoms with Gasteiger partial charge in [0.1, 0.15) is 0 Å². The van der Waals surface area contributed by atoms with Crippen molar-refractivity contribution in [2.75, 3.05) is 0 Å². The standard InChI is InChI=1S/C16H24B2/c1-5-11-12(6-2)14(8-4)16(10-18)15(9-17)13(11)7-3/h5-10H2,1-4H3. The van der Waals surface area contributed by atoms with Crippen LogP contribution in [0.4, 0.5) is 0 Å². The normalized spacial score (nSPS) is 10.9. The van der Waals surface area contributed by atoms with Gasteiger partial charge >= 0.3 is 0 Å². The number of hydrogen-bond donors (Lipinski definition) is 0. The van der Waals surface area contributed by atoms with Crippen LogP contribution in [0.2, 0.25) is 0 Å². The second-order valence-electron chi connectivity index (χ2n) is 4.69. The van der Waals surface area contributed by atoms with E-state index >= 15 is 0 Å². The van der Waals surface area contributed by atoms with E-state index in [0.717, 1.165) is 25.7 Å². The second-order valence-corrected chi connectivity index (χ2v) is 4.69. The van der Waals surface area contributed by atoms with Gasteiger partial charge in [-0.3, -0.25) is 0 Å². The van der Waals surface area contributed by atoms with E-state index in [1.807, 2.05) is 0 Å². The molecule has 0 amide bonds. The Bertz CT molecular complexity index is 288. The largest absolute Gasteiger partial charge is 0.0716 e. The lowest BCUT2D eigenvalue weighted by Crippen LogP contribution is -2.13. The molecule has 1 aromatic carbocycles. The molecule has 2 heteroatoms. The Hall–Kier alpha value is -0.650. The van der Waals surface area contributed by atoms with Crippen molar-refractivity contribution < 1.29 is 0 Å². The van der Waals surface area contributed by atoms with Gasteiger partial charge in [-0.2, -0.15) is 0 Å². The van der Waals surface area contributed by atoms with Crippen molar-refractivity contribution in [3.05, 3.63) is 33.4 Å². The first kappa shape index (κ1) is 15.4. The molecule has 0 N–H and O–H groups in total. The summed E-state index contributed by atoms with van der Waals surface area (Å²) < 4.78 is 0. The molecule has 1 aromatic rings. The highest BCUT2D eigenvalue weighted by Gasteiger charge is 2.17. The van der Waals surface area contributed by atoms with Crippen LogP contribution in [0.25, 0.3) is 0 Å². The van der Waals surface area contributed by atoms with Crippen LogP contribution in [0.3, 0.4) is 0 Å². The van der Waals surface area contributed by atoms with Crippen LogP contribution in [0.1, 0.15) is 61.1 Å². The van der Waals surface area contributed by atoms with Gasteiger partial charge in [-0.1, -0.05) is 51.5 Å². The monoisotopic (exact) mass is 238 g/mol. The van der Waals surface area contributed by atoms with E-state index in [1.165, 1.54) is 33.4 Å². The predicted molar refractivity (Wildman–Crippen MR) is 82.9 cm³/mol. The third kappa shape index (κ3) is 2.53. The molecule has 94 valence electrons. The van der Waals surface area contributed by atoms with Crippen molar-refractivity contribution in [1.82, 2.24) is 0 Å². The lowest BCUT2D eigenvalue weighted by atomic mass is 9.75. The first-order chi connectivity index (χ1) is 8.69. The Morgan fingerprint density at radius 3 is 0.889 bits per heavy atom. The average Bonchev–Trinajstić information content (AvgIpc) is 2.43. The van der Waals surface area contributed by atoms with Crippen molar-refractivity contribution in [3.8, 4) is 0 Å². The zero-order valence-electron chi connectivity index (χ0n) is 12.4. The second kappa shape index (κ2) is 7.07. The summed E-state index contributed by atoms with van der Waals surface area (Å²) in [4.78, 5) is 0. The van der Waals surface area contributed by atoms with Gasteiger partial charge in [-0.25, -0.2) is 0 Å². The molecule has 0 nitrogen and oxygen atoms in total. The van der Waals surface area contributed by atoms with Gasteiger partial charge in [0, 0.05) is 0 Å². The minimum Gasteiger partial charge on any atom is -0.0638 e. The molecule has 0 fully saturated rings. The van der Waals surface area contributed by atoms with Crippen LogP contribution in [-0.2, 0) is 38.3 Å². The van der Waals surface area contributed by atoms with Crippen molar-refractivity contribution in [1.29, 1.82) is 0 Å². The summed E-state index contributed by atoms with van der Waals surface area (Å²) in [7, 11) is 12.0. The third-order valence-corrected chi connectivity index (χ3v) is 4.01. The zero-order chi connectivity index (χ0) is 13.7. The molecule has 0 aromatic heterocycles. The minimum absolute atomic E-state index is 0.611. The fourth-order valence-electron chi connectivity index (χ4n) is 3.29. The van der Waals surface area contributed by atoms with Crippen LogP contribution < -0.4 is 0 Å². The van der Waals surface area contributed by atoms with Gasteiger partial charge in [0.05, 0.1) is 15.7 Å². The van der Waals surface area contributed by atoms with E-state index in [-0.39, 0.29) is 0 Å². The summed E-state index contributed by atoms with van der Waals surface area (Å²) in [5, 5.41) is 0. The minimum atomic E-state index is 0.611. The van der Waals surface area contributed by atoms with Crippen molar-refractivity contribution in [2.45, 2.75) is 66.0 Å². The molecule has 0 saturated carbocycles. The molecule has 0 aliphatic carbocycles. The van der Waals surface area contributed by atoms with Gasteiger partial charge in [-0.05, 0) is 47.9 Å². The smallest absolute Gasteiger partial charge is 0.0638 e. The van der Waals surface area contributed by atoms with E-state index in [9.17, 15) is 0 Å². The molecule has 0 bridgehead atoms. The summed E-state index contributed by atoms with van der Waals surface area (Å²) in [5.74, 6) is 0. The Morgan fingerprint density at radius 2 is 0.722 bits per heavy atom. The van der Waals surface area contributed by atoms with E-state index in [4.69, 9.17) is 15.7 Å². The topological polar surface area (TPSA) is 0 Å². The van der Waals surface area contributed by atoms with E-state index in [0.29, 0.717) is 12.6 Å². The molecule has 18 heavy (non-hydrogen) atoms. The summed E-state index contributed by atoms with van der Waals surface area (Å²) >= 11 is 0. The molecule has 4 radical (unpaired) electrons. The molecule has 0 aliphatic rings. The molecule has 1 rings (SSSR count). The van der Waals surface area contributed by atoms with Gasteiger partial charge < -0.3 is 0 Å². The molecular formula is C16H24B2. The highest BCUT2D eigenvalue weighted by Crippen LogP contribution is 2.30. The maximum absolute atomic E-state index is 5.99. The number of hydrogen-bond acceptors (Lipinski definition) is 0. The summed E-state index contributed by atoms with van der Waals surface area (Å²) in [6.45, 7) is 8.93. The first-order valence-corrected chi connectivity index (χ1v) is 7.27. The van der Waals surface area contributed by atoms with E-state index < -0.39 is 0 Å². The van der Waals surface area contributed by atoms with Crippen LogP contribution in [0.5, 0.6) is 0 Å². The molecule has 0 spiro atoms. The Kier molecular flexibility index (Phi) is 6.05. The highest BCUT2D eigenvalue weighted by atomic mass is 14.2. The highest BCUT2D eigenvalue weighted by molar-refractivity contribution is 6.10. The zero-order valence-corrected chi connectivity index (χ0v) is 12.4. The summed E-state index contributed by atoms with van der Waals surface area (Å²) in [5.41, 5.74) is 8.57. The third-order valence-electron chi connectivity index (χ3n) is 4.01. The number of benzene rings is 1. The lowest BCUT2D eigenvalue weighted by molar-refractivity contribution is 0.911. The van der Waals surface area contributed by atoms with Crippen molar-refractivity contribution in [2.24, 2.45) is 0 Å². The molecular weight excluding hydrogens is 214 g/mol. The Balaban J connectivity index is 3.71. The molecule has 0 saturated heterocycles. The molecule has 0 aliphatic heterocycles. The quantitative estimate of drug-likeness (QED) is 0.667. The van der Waals surface area contributed by atoms with Crippen LogP contribution in [-0.4, -0.2) is 15.7 Å². The van der Waals surface area contributed by atoms with E-state index in [1.54, 1.807) is 0 Å². The fraction of sp³-hybridized carbons (Fsp3) is 0.625. The summed E-state index contributed by atoms with van der Waals surface area (Å²) in [6.07, 6.45) is 5.52. The van der Waals surface area contributed by atoms with Crippen LogP contribution in [0, 0.1) is 0 Å². The molecule has 0 unspecified atom stereocenters. The van der Waals surface area contributed by atoms with Gasteiger partial charge in [-0.15, -0.1) is 0 Å². The number of rotatable bonds is 6. The van der Waals surface area contributed by atoms with E-state index in [2.05, 4.69) is 27.7 Å². The first-order valence-electron chi connectivity index (χ1n) is 7.27. The maximum Gasteiger partial charge on any atom is 0.0716 e. The SMILES string of the molecule is [B]Cc1c(C[B])c(CC)c(CC)c(CC)c1CC. The summed E-state index contributed by atoms with van der Waals surface area (Å²) in [6, 6.07) is 0. The predicted octanol–water partition coefficient (Wildman–Crippen LogP) is 3.27. The van der Waals surface area contributed by atoms with Crippen molar-refractivity contribution >= 4 is 15.7 Å². The van der Waals surface area contributed by atoms with Gasteiger partial charge in [0.25, 0.3) is 0 Å². The van der Waals surface area contributed by atoms with Crippen LogP contribution >= 0.6 is 0 Å².